The molecule has 0 heterocycles. The Balaban J connectivity index is -0.0000000787. The fraction of sp³-hybridized carbons (Fsp3) is 0.600. The van der Waals surface area contributed by atoms with E-state index < -0.39 is 4.30 Å². The highest BCUT2D eigenvalue weighted by molar-refractivity contribution is 6.63. The number of alkyl halides is 3. The van der Waals surface area contributed by atoms with Gasteiger partial charge in [0, 0.05) is 0 Å². The van der Waals surface area contributed by atoms with E-state index in [1.807, 2.05) is 0 Å². The van der Waals surface area contributed by atoms with Crippen molar-refractivity contribution in [3.63, 3.8) is 0 Å². The molecule has 0 atom stereocenters. The van der Waals surface area contributed by atoms with Gasteiger partial charge in [-0.05, 0) is 0 Å². The molecule has 0 aliphatic heterocycles. The molecule has 0 aromatic carbocycles. The summed E-state index contributed by atoms with van der Waals surface area (Å²) in [6, 6.07) is 0. The van der Waals surface area contributed by atoms with Crippen LogP contribution in [0.25, 0.3) is 0 Å². The van der Waals surface area contributed by atoms with E-state index in [1.165, 1.54) is 0 Å². The minimum atomic E-state index is -0.750. The smallest absolute Gasteiger partial charge is 0.180 e. The van der Waals surface area contributed by atoms with Crippen LogP contribution in [0.5, 0.6) is 0 Å². The second-order valence-corrected chi connectivity index (χ2v) is 2.67. The lowest BCUT2D eigenvalue weighted by Crippen LogP contribution is -1.85. The minimum Gasteiger partial charge on any atom is -0.394 e. The minimum absolute atomic E-state index is 0.125. The first kappa shape index (κ1) is 16.9. The van der Waals surface area contributed by atoms with Gasteiger partial charge >= 0.3 is 0 Å². The summed E-state index contributed by atoms with van der Waals surface area (Å²) in [5.41, 5.74) is 0. The summed E-state index contributed by atoms with van der Waals surface area (Å²) in [5.74, 6) is 0. The van der Waals surface area contributed by atoms with Crippen LogP contribution in [0, 0.1) is 0 Å². The average Bonchev–Trinajstić information content (AvgIpc) is 1.91. The predicted molar refractivity (Wildman–Crippen MR) is 46.8 cm³/mol. The zero-order valence-electron chi connectivity index (χ0n) is 5.43. The molecule has 0 aliphatic rings. The third-order valence-electron chi connectivity index (χ3n) is 0.1000. The Morgan fingerprint density at radius 1 is 1.00 bits per heavy atom. The maximum Gasteiger partial charge on any atom is 0.180 e. The van der Waals surface area contributed by atoms with Crippen LogP contribution < -0.4 is 0 Å². The Labute approximate surface area is 76.0 Å². The van der Waals surface area contributed by atoms with Gasteiger partial charge in [0.05, 0.1) is 13.2 Å². The van der Waals surface area contributed by atoms with Gasteiger partial charge in [0.1, 0.15) is 0 Å². The van der Waals surface area contributed by atoms with Crippen LogP contribution >= 0.6 is 34.8 Å². The Hall–Kier alpha value is 0.530. The van der Waals surface area contributed by atoms with Gasteiger partial charge in [-0.2, -0.15) is 0 Å². The highest BCUT2D eigenvalue weighted by atomic mass is 35.6. The monoisotopic (exact) mass is 208 g/mol. The normalized spacial score (nSPS) is 7.00. The van der Waals surface area contributed by atoms with Crippen LogP contribution in [0.2, 0.25) is 0 Å². The van der Waals surface area contributed by atoms with Gasteiger partial charge in [-0.25, -0.2) is 0 Å². The van der Waals surface area contributed by atoms with Crippen molar-refractivity contribution in [1.29, 1.82) is 0 Å². The molecule has 5 heteroatoms. The first-order chi connectivity index (χ1) is 4.65. The topological polar surface area (TPSA) is 40.5 Å². The summed E-state index contributed by atoms with van der Waals surface area (Å²) in [6.45, 7) is 5.75. The van der Waals surface area contributed by atoms with Crippen molar-refractivity contribution in [2.45, 2.75) is 4.30 Å². The maximum absolute atomic E-state index is 7.62. The molecule has 2 nitrogen and oxygen atoms in total. The molecule has 2 N–H and O–H groups in total. The molecule has 0 unspecified atom stereocenters. The zero-order valence-corrected chi connectivity index (χ0v) is 7.70. The van der Waals surface area contributed by atoms with E-state index in [9.17, 15) is 0 Å². The summed E-state index contributed by atoms with van der Waals surface area (Å²) in [6.07, 6.45) is 0. The molecule has 64 valence electrons. The molecular formula is C5H11Cl3O2. The van der Waals surface area contributed by atoms with Crippen LogP contribution in [-0.2, 0) is 0 Å². The van der Waals surface area contributed by atoms with Crippen LogP contribution in [-0.4, -0.2) is 27.7 Å². The molecule has 0 saturated carbocycles. The number of aliphatic hydroxyl groups excluding tert-OH is 2. The van der Waals surface area contributed by atoms with Crippen LogP contribution in [0.4, 0.5) is 0 Å². The van der Waals surface area contributed by atoms with E-state index in [4.69, 9.17) is 45.0 Å². The lowest BCUT2D eigenvalue weighted by molar-refractivity contribution is 0.186. The maximum atomic E-state index is 7.62. The van der Waals surface area contributed by atoms with Gasteiger partial charge in [0.2, 0.25) is 0 Å². The largest absolute Gasteiger partial charge is 0.394 e. The van der Waals surface area contributed by atoms with Gasteiger partial charge in [-0.15, -0.1) is 13.2 Å². The quantitative estimate of drug-likeness (QED) is 0.510. The molecule has 0 bridgehead atoms. The molecular weight excluding hydrogens is 198 g/mol. The van der Waals surface area contributed by atoms with E-state index in [0.29, 0.717) is 0 Å². The van der Waals surface area contributed by atoms with Crippen LogP contribution in [0.15, 0.2) is 13.2 Å². The highest BCUT2D eigenvalue weighted by Gasteiger charge is 1.78. The second-order valence-electron chi connectivity index (χ2n) is 0.695. The Morgan fingerprint density at radius 2 is 1.10 bits per heavy atom. The molecule has 0 spiro atoms. The molecule has 0 aromatic rings. The lowest BCUT2D eigenvalue weighted by Gasteiger charge is -1.70. The fourth-order valence-electron chi connectivity index (χ4n) is 0. The van der Waals surface area contributed by atoms with Gasteiger partial charge in [0.25, 0.3) is 0 Å². The predicted octanol–water partition coefficient (Wildman–Crippen LogP) is 1.76. The Kier molecular flexibility index (Phi) is 38.2. The molecule has 10 heavy (non-hydrogen) atoms. The summed E-state index contributed by atoms with van der Waals surface area (Å²) in [5, 5.41) is 15.2. The number of hydrogen-bond donors (Lipinski definition) is 2. The van der Waals surface area contributed by atoms with Crippen molar-refractivity contribution < 1.29 is 10.2 Å². The van der Waals surface area contributed by atoms with Crippen molar-refractivity contribution in [3.8, 4) is 0 Å². The molecule has 0 saturated heterocycles. The molecule has 0 aliphatic carbocycles. The van der Waals surface area contributed by atoms with Gasteiger partial charge in [-0.3, -0.25) is 0 Å². The molecule has 0 rings (SSSR count). The summed E-state index contributed by atoms with van der Waals surface area (Å²) in [4.78, 5) is 0. The van der Waals surface area contributed by atoms with Crippen LogP contribution in [0.3, 0.4) is 0 Å². The molecule has 0 radical (unpaired) electrons. The number of aliphatic hydroxyl groups is 2. The van der Waals surface area contributed by atoms with Crippen molar-refractivity contribution in [2.24, 2.45) is 0 Å². The van der Waals surface area contributed by atoms with E-state index in [-0.39, 0.29) is 13.2 Å². The van der Waals surface area contributed by atoms with E-state index >= 15 is 0 Å². The van der Waals surface area contributed by atoms with Crippen molar-refractivity contribution in [2.75, 3.05) is 13.2 Å². The first-order valence-electron chi connectivity index (χ1n) is 2.29. The van der Waals surface area contributed by atoms with Crippen molar-refractivity contribution >= 4 is 34.8 Å². The Bertz CT molecular complexity index is 39.1. The average molecular weight is 210 g/mol. The first-order valence-corrected chi connectivity index (χ1v) is 3.60. The highest BCUT2D eigenvalue weighted by Crippen LogP contribution is 2.03. The van der Waals surface area contributed by atoms with Gasteiger partial charge in [-0.1, -0.05) is 34.8 Å². The third kappa shape index (κ3) is 207. The zero-order chi connectivity index (χ0) is 8.99. The van der Waals surface area contributed by atoms with Gasteiger partial charge in [0.15, 0.2) is 4.30 Å². The number of rotatable bonds is 1. The Morgan fingerprint density at radius 3 is 1.10 bits per heavy atom. The number of halogens is 3. The summed E-state index contributed by atoms with van der Waals surface area (Å²) >= 11 is 14.4. The third-order valence-corrected chi connectivity index (χ3v) is 0.1000. The molecule has 0 amide bonds. The van der Waals surface area contributed by atoms with E-state index in [2.05, 4.69) is 13.2 Å². The van der Waals surface area contributed by atoms with Gasteiger partial charge < -0.3 is 10.2 Å². The standard InChI is InChI=1S/C2H6O2.C2H4.CHCl3/c3-1-2-4;1-2;2-1(3)4/h3-4H,1-2H2;1-2H2;1H. The SMILES string of the molecule is C=C.ClC(Cl)Cl.OCCO. The summed E-state index contributed by atoms with van der Waals surface area (Å²) < 4.78 is -0.750. The molecule has 0 fully saturated rings. The second kappa shape index (κ2) is 22.7. The number of hydrogen-bond acceptors (Lipinski definition) is 2. The van der Waals surface area contributed by atoms with Crippen molar-refractivity contribution in [3.05, 3.63) is 13.2 Å². The molecule has 0 aromatic heterocycles. The van der Waals surface area contributed by atoms with E-state index in [0.717, 1.165) is 0 Å². The lowest BCUT2D eigenvalue weighted by atomic mass is 10.8. The van der Waals surface area contributed by atoms with Crippen LogP contribution in [0.1, 0.15) is 0 Å². The van der Waals surface area contributed by atoms with E-state index in [1.54, 1.807) is 0 Å². The summed E-state index contributed by atoms with van der Waals surface area (Å²) in [7, 11) is 0. The van der Waals surface area contributed by atoms with Crippen molar-refractivity contribution in [1.82, 2.24) is 0 Å². The fourth-order valence-corrected chi connectivity index (χ4v) is 0.